The first-order valence-corrected chi connectivity index (χ1v) is 8.19. The third kappa shape index (κ3) is 3.77. The monoisotopic (exact) mass is 379 g/mol. The number of hydrogen-bond donors (Lipinski definition) is 2. The predicted octanol–water partition coefficient (Wildman–Crippen LogP) is 3.83. The molecule has 0 radical (unpaired) electrons. The zero-order valence-corrected chi connectivity index (χ0v) is 14.6. The molecule has 0 bridgehead atoms. The summed E-state index contributed by atoms with van der Waals surface area (Å²) in [4.78, 5) is 25.2. The highest BCUT2D eigenvalue weighted by molar-refractivity contribution is 7.71. The molecule has 2 N–H and O–H groups in total. The van der Waals surface area contributed by atoms with E-state index < -0.39 is 10.5 Å². The molecule has 0 aliphatic carbocycles. The molecule has 2 aromatic carbocycles. The van der Waals surface area contributed by atoms with Crippen LogP contribution < -0.4 is 5.56 Å². The molecule has 3 aromatic rings. The summed E-state index contributed by atoms with van der Waals surface area (Å²) in [6.45, 7) is 0. The van der Waals surface area contributed by atoms with Crippen molar-refractivity contribution in [1.82, 2.24) is 9.55 Å². The van der Waals surface area contributed by atoms with Crippen molar-refractivity contribution < 1.29 is 10.0 Å². The topological polar surface area (TPSA) is 101 Å². The van der Waals surface area contributed by atoms with Crippen LogP contribution >= 0.6 is 12.2 Å². The first-order chi connectivity index (χ1) is 13.0. The minimum absolute atomic E-state index is 0.0449. The minimum Gasteiger partial charge on any atom is -0.494 e. The normalized spacial score (nSPS) is 10.1. The van der Waals surface area contributed by atoms with Crippen molar-refractivity contribution in [2.24, 2.45) is 0 Å². The van der Waals surface area contributed by atoms with Gasteiger partial charge in [-0.05, 0) is 42.6 Å². The Hall–Kier alpha value is -3.74. The van der Waals surface area contributed by atoms with E-state index in [1.807, 2.05) is 6.07 Å². The molecule has 1 aromatic heterocycles. The van der Waals surface area contributed by atoms with Crippen LogP contribution in [-0.4, -0.2) is 19.6 Å². The van der Waals surface area contributed by atoms with E-state index in [-0.39, 0.29) is 21.9 Å². The highest BCUT2D eigenvalue weighted by Gasteiger charge is 2.12. The van der Waals surface area contributed by atoms with Crippen molar-refractivity contribution in [3.8, 4) is 11.6 Å². The number of aromatic hydroxyl groups is 1. The van der Waals surface area contributed by atoms with Crippen molar-refractivity contribution in [2.45, 2.75) is 0 Å². The summed E-state index contributed by atoms with van der Waals surface area (Å²) in [6.07, 6.45) is 2.62. The van der Waals surface area contributed by atoms with E-state index >= 15 is 0 Å². The van der Waals surface area contributed by atoms with Crippen LogP contribution in [0.3, 0.4) is 0 Å². The van der Waals surface area contributed by atoms with Gasteiger partial charge in [-0.15, -0.1) is 5.73 Å². The summed E-state index contributed by atoms with van der Waals surface area (Å²) in [5.74, 6) is -0.349. The Morgan fingerprint density at radius 2 is 1.78 bits per heavy atom. The van der Waals surface area contributed by atoms with Gasteiger partial charge in [0.2, 0.25) is 5.88 Å². The summed E-state index contributed by atoms with van der Waals surface area (Å²) in [5.41, 5.74) is 2.87. The number of hydrogen-bond acceptors (Lipinski definition) is 5. The zero-order chi connectivity index (χ0) is 19.4. The average molecular weight is 379 g/mol. The summed E-state index contributed by atoms with van der Waals surface area (Å²) in [7, 11) is 0. The molecule has 0 aliphatic heterocycles. The number of nitrogens with zero attached hydrogens (tertiary/aromatic N) is 2. The predicted molar refractivity (Wildman–Crippen MR) is 104 cm³/mol. The average Bonchev–Trinajstić information content (AvgIpc) is 2.65. The Labute approximate surface area is 158 Å². The Bertz CT molecular complexity index is 1190. The van der Waals surface area contributed by atoms with Gasteiger partial charge in [0.25, 0.3) is 11.2 Å². The molecule has 0 atom stereocenters. The highest BCUT2D eigenvalue weighted by Crippen LogP contribution is 2.21. The number of nitro groups is 1. The van der Waals surface area contributed by atoms with Crippen LogP contribution in [0.2, 0.25) is 0 Å². The standard InChI is InChI=1S/C19H13N3O4S/c23-17-15(11-6-8-13-7-4-5-12-16(13)22(25)26)18(24)21(19(27)20-17)14-9-2-1-3-10-14/h1-5,7-12,24H,(H,20,23,27). The van der Waals surface area contributed by atoms with E-state index in [2.05, 4.69) is 10.7 Å². The molecule has 0 aliphatic rings. The third-order valence-corrected chi connectivity index (χ3v) is 4.02. The van der Waals surface area contributed by atoms with Gasteiger partial charge in [-0.2, -0.15) is 0 Å². The quantitative estimate of drug-likeness (QED) is 0.310. The fourth-order valence-corrected chi connectivity index (χ4v) is 2.76. The number of nitro benzene ring substituents is 1. The minimum atomic E-state index is -0.590. The molecule has 3 rings (SSSR count). The molecule has 0 fully saturated rings. The van der Waals surface area contributed by atoms with Crippen LogP contribution in [0.1, 0.15) is 11.1 Å². The molecule has 8 heteroatoms. The maximum Gasteiger partial charge on any atom is 0.277 e. The van der Waals surface area contributed by atoms with Gasteiger partial charge in [-0.1, -0.05) is 30.3 Å². The molecule has 0 spiro atoms. The van der Waals surface area contributed by atoms with Crippen molar-refractivity contribution in [3.63, 3.8) is 0 Å². The van der Waals surface area contributed by atoms with Crippen LogP contribution in [0.5, 0.6) is 5.88 Å². The van der Waals surface area contributed by atoms with Crippen molar-refractivity contribution >= 4 is 30.1 Å². The van der Waals surface area contributed by atoms with Gasteiger partial charge in [-0.3, -0.25) is 24.5 Å². The summed E-state index contributed by atoms with van der Waals surface area (Å²) < 4.78 is 1.36. The lowest BCUT2D eigenvalue weighted by atomic mass is 10.1. The molecule has 27 heavy (non-hydrogen) atoms. The molecule has 7 nitrogen and oxygen atoms in total. The molecular weight excluding hydrogens is 366 g/mol. The molecule has 0 unspecified atom stereocenters. The van der Waals surface area contributed by atoms with E-state index in [9.17, 15) is 20.0 Å². The second kappa shape index (κ2) is 7.65. The number of H-pyrrole nitrogens is 1. The van der Waals surface area contributed by atoms with Crippen LogP contribution in [-0.2, 0) is 0 Å². The Morgan fingerprint density at radius 3 is 2.48 bits per heavy atom. The molecule has 134 valence electrons. The van der Waals surface area contributed by atoms with Crippen molar-refractivity contribution in [3.05, 3.63) is 96.7 Å². The number of nitrogens with one attached hydrogen (secondary N) is 1. The van der Waals surface area contributed by atoms with Gasteiger partial charge >= 0.3 is 0 Å². The Balaban J connectivity index is 2.11. The van der Waals surface area contributed by atoms with Gasteiger partial charge in [0, 0.05) is 6.07 Å². The third-order valence-electron chi connectivity index (χ3n) is 3.74. The Kier molecular flexibility index (Phi) is 5.12. The number of rotatable bonds is 4. The molecule has 0 saturated heterocycles. The molecular formula is C19H13N3O4S. The Morgan fingerprint density at radius 1 is 1.11 bits per heavy atom. The van der Waals surface area contributed by atoms with E-state index in [0.29, 0.717) is 11.3 Å². The summed E-state index contributed by atoms with van der Waals surface area (Å²) in [5, 5.41) is 21.6. The maximum atomic E-state index is 12.2. The maximum absolute atomic E-state index is 12.2. The number of para-hydroxylation sites is 2. The first kappa shape index (κ1) is 18.1. The van der Waals surface area contributed by atoms with Gasteiger partial charge < -0.3 is 5.11 Å². The summed E-state index contributed by atoms with van der Waals surface area (Å²) in [6, 6.07) is 14.9. The van der Waals surface area contributed by atoms with Crippen LogP contribution in [0, 0.1) is 14.9 Å². The van der Waals surface area contributed by atoms with E-state index in [1.54, 1.807) is 42.5 Å². The number of benzene rings is 2. The van der Waals surface area contributed by atoms with Crippen LogP contribution in [0.4, 0.5) is 5.69 Å². The van der Waals surface area contributed by atoms with Crippen LogP contribution in [0.15, 0.2) is 65.1 Å². The van der Waals surface area contributed by atoms with Crippen LogP contribution in [0.25, 0.3) is 17.8 Å². The second-order valence-electron chi connectivity index (χ2n) is 5.44. The molecule has 0 amide bonds. The smallest absolute Gasteiger partial charge is 0.277 e. The second-order valence-corrected chi connectivity index (χ2v) is 5.83. The number of aromatic nitrogens is 2. The van der Waals surface area contributed by atoms with E-state index in [4.69, 9.17) is 12.2 Å². The molecule has 0 saturated carbocycles. The lowest BCUT2D eigenvalue weighted by molar-refractivity contribution is -0.385. The van der Waals surface area contributed by atoms with Crippen molar-refractivity contribution in [1.29, 1.82) is 0 Å². The van der Waals surface area contributed by atoms with E-state index in [0.717, 1.165) is 0 Å². The zero-order valence-electron chi connectivity index (χ0n) is 13.8. The largest absolute Gasteiger partial charge is 0.494 e. The lowest BCUT2D eigenvalue weighted by Crippen LogP contribution is -2.15. The van der Waals surface area contributed by atoms with E-state index in [1.165, 1.54) is 22.8 Å². The highest BCUT2D eigenvalue weighted by atomic mass is 32.1. The fraction of sp³-hybridized carbons (Fsp3) is 0. The SMILES string of the molecule is O=c1[nH]c(=S)n(-c2ccccc2)c(O)c1C=C=Cc1ccccc1[N+](=O)[O-]. The number of aromatic amines is 1. The van der Waals surface area contributed by atoms with Gasteiger partial charge in [0.15, 0.2) is 4.77 Å². The van der Waals surface area contributed by atoms with Gasteiger partial charge in [0.05, 0.1) is 16.2 Å². The fourth-order valence-electron chi connectivity index (χ4n) is 2.48. The summed E-state index contributed by atoms with van der Waals surface area (Å²) >= 11 is 5.13. The lowest BCUT2D eigenvalue weighted by Gasteiger charge is -2.10. The first-order valence-electron chi connectivity index (χ1n) is 7.78. The van der Waals surface area contributed by atoms with Gasteiger partial charge in [0.1, 0.15) is 5.56 Å². The van der Waals surface area contributed by atoms with Crippen molar-refractivity contribution in [2.75, 3.05) is 0 Å². The van der Waals surface area contributed by atoms with Gasteiger partial charge in [-0.25, -0.2) is 0 Å². The molecule has 1 heterocycles.